The van der Waals surface area contributed by atoms with Crippen LogP contribution >= 0.6 is 0 Å². The van der Waals surface area contributed by atoms with Gasteiger partial charge in [0.15, 0.2) is 0 Å². The van der Waals surface area contributed by atoms with Crippen LogP contribution in [0.1, 0.15) is 39.2 Å². The molecule has 1 saturated heterocycles. The van der Waals surface area contributed by atoms with Crippen LogP contribution in [0, 0.1) is 6.92 Å². The number of hydrogen-bond donors (Lipinski definition) is 0. The first kappa shape index (κ1) is 16.9. The van der Waals surface area contributed by atoms with Gasteiger partial charge in [-0.3, -0.25) is 4.21 Å². The zero-order valence-corrected chi connectivity index (χ0v) is 14.5. The molecule has 0 aliphatic carbocycles. The number of hydrogen-bond acceptors (Lipinski definition) is 4. The number of amides is 1. The molecule has 6 heteroatoms. The molecule has 2 rings (SSSR count). The lowest BCUT2D eigenvalue weighted by molar-refractivity contribution is 0.0241. The summed E-state index contributed by atoms with van der Waals surface area (Å²) in [5.41, 5.74) is 0.523. The highest BCUT2D eigenvalue weighted by molar-refractivity contribution is 7.85. The first-order valence-electron chi connectivity index (χ1n) is 7.57. The molecule has 1 aromatic rings. The van der Waals surface area contributed by atoms with Crippen molar-refractivity contribution < 1.29 is 13.7 Å². The van der Waals surface area contributed by atoms with Gasteiger partial charge in [0, 0.05) is 18.8 Å². The van der Waals surface area contributed by atoms with E-state index in [2.05, 4.69) is 4.98 Å². The maximum Gasteiger partial charge on any atom is 0.410 e. The van der Waals surface area contributed by atoms with E-state index in [0.717, 1.165) is 18.4 Å². The van der Waals surface area contributed by atoms with Crippen LogP contribution in [0.15, 0.2) is 23.4 Å². The Hall–Kier alpha value is -1.43. The van der Waals surface area contributed by atoms with Gasteiger partial charge in [-0.1, -0.05) is 0 Å². The molecule has 0 spiro atoms. The molecule has 122 valence electrons. The second-order valence-corrected chi connectivity index (χ2v) is 8.10. The second kappa shape index (κ2) is 6.77. The Bertz CT molecular complexity index is 569. The van der Waals surface area contributed by atoms with E-state index in [1.807, 2.05) is 39.8 Å². The number of nitrogens with zero attached hydrogens (tertiary/aromatic N) is 2. The van der Waals surface area contributed by atoms with Crippen LogP contribution in [0.2, 0.25) is 0 Å². The topological polar surface area (TPSA) is 59.5 Å². The van der Waals surface area contributed by atoms with Crippen molar-refractivity contribution in [3.63, 3.8) is 0 Å². The van der Waals surface area contributed by atoms with Crippen molar-refractivity contribution in [2.24, 2.45) is 0 Å². The molecular weight excluding hydrogens is 300 g/mol. The molecule has 5 nitrogen and oxygen atoms in total. The Morgan fingerprint density at radius 2 is 2.23 bits per heavy atom. The van der Waals surface area contributed by atoms with Gasteiger partial charge in [0.25, 0.3) is 0 Å². The summed E-state index contributed by atoms with van der Waals surface area (Å²) < 4.78 is 17.9. The number of likely N-dealkylation sites (tertiary alicyclic amines) is 1. The molecule has 0 radical (unpaired) electrons. The Labute approximate surface area is 134 Å². The molecule has 0 unspecified atom stereocenters. The SMILES string of the molecule is Cc1ccnc([S@](=O)C[C@H]2CCCN2C(=O)OC(C)(C)C)c1. The van der Waals surface area contributed by atoms with Gasteiger partial charge in [-0.25, -0.2) is 9.78 Å². The predicted molar refractivity (Wildman–Crippen MR) is 86.2 cm³/mol. The molecule has 1 amide bonds. The van der Waals surface area contributed by atoms with Gasteiger partial charge in [-0.05, 0) is 58.2 Å². The molecular formula is C16H24N2O3S. The van der Waals surface area contributed by atoms with E-state index in [4.69, 9.17) is 4.74 Å². The maximum atomic E-state index is 12.5. The monoisotopic (exact) mass is 324 g/mol. The van der Waals surface area contributed by atoms with Crippen LogP contribution in [0.25, 0.3) is 0 Å². The zero-order valence-electron chi connectivity index (χ0n) is 13.7. The molecule has 1 aliphatic rings. The Morgan fingerprint density at radius 1 is 1.50 bits per heavy atom. The molecule has 2 heterocycles. The summed E-state index contributed by atoms with van der Waals surface area (Å²) in [7, 11) is -1.20. The summed E-state index contributed by atoms with van der Waals surface area (Å²) in [5.74, 6) is 0.412. The number of rotatable bonds is 3. The summed E-state index contributed by atoms with van der Waals surface area (Å²) >= 11 is 0. The van der Waals surface area contributed by atoms with Crippen molar-refractivity contribution in [2.45, 2.75) is 57.2 Å². The third kappa shape index (κ3) is 4.53. The maximum absolute atomic E-state index is 12.5. The summed E-state index contributed by atoms with van der Waals surface area (Å²) in [5, 5.41) is 0.580. The van der Waals surface area contributed by atoms with Crippen molar-refractivity contribution in [2.75, 3.05) is 12.3 Å². The third-order valence-electron chi connectivity index (χ3n) is 3.47. The minimum Gasteiger partial charge on any atom is -0.444 e. The minimum atomic E-state index is -1.20. The van der Waals surface area contributed by atoms with Gasteiger partial charge >= 0.3 is 6.09 Å². The second-order valence-electron chi connectivity index (χ2n) is 6.65. The van der Waals surface area contributed by atoms with E-state index in [9.17, 15) is 9.00 Å². The van der Waals surface area contributed by atoms with Gasteiger partial charge in [0.05, 0.1) is 16.6 Å². The average molecular weight is 324 g/mol. The van der Waals surface area contributed by atoms with Gasteiger partial charge in [-0.15, -0.1) is 0 Å². The predicted octanol–water partition coefficient (Wildman–Crippen LogP) is 2.90. The molecule has 2 atom stereocenters. The largest absolute Gasteiger partial charge is 0.444 e. The molecule has 22 heavy (non-hydrogen) atoms. The molecule has 0 aromatic carbocycles. The summed E-state index contributed by atoms with van der Waals surface area (Å²) in [4.78, 5) is 18.1. The highest BCUT2D eigenvalue weighted by Gasteiger charge is 2.33. The number of ether oxygens (including phenoxy) is 1. The number of aromatic nitrogens is 1. The summed E-state index contributed by atoms with van der Waals surface area (Å²) in [6.45, 7) is 8.17. The Balaban J connectivity index is 2.02. The van der Waals surface area contributed by atoms with Crippen LogP contribution in [-0.4, -0.2) is 44.1 Å². The van der Waals surface area contributed by atoms with Gasteiger partial charge in [0.2, 0.25) is 0 Å². The van der Waals surface area contributed by atoms with E-state index in [0.29, 0.717) is 17.3 Å². The van der Waals surface area contributed by atoms with Crippen molar-refractivity contribution in [1.82, 2.24) is 9.88 Å². The van der Waals surface area contributed by atoms with E-state index in [1.54, 1.807) is 11.1 Å². The summed E-state index contributed by atoms with van der Waals surface area (Å²) in [6.07, 6.45) is 3.13. The normalized spacial score (nSPS) is 20.0. The van der Waals surface area contributed by atoms with Crippen LogP contribution in [0.4, 0.5) is 4.79 Å². The number of aryl methyl sites for hydroxylation is 1. The lowest BCUT2D eigenvalue weighted by Crippen LogP contribution is -2.42. The third-order valence-corrected chi connectivity index (χ3v) is 4.85. The Kier molecular flexibility index (Phi) is 5.21. The smallest absolute Gasteiger partial charge is 0.410 e. The Morgan fingerprint density at radius 3 is 2.86 bits per heavy atom. The van der Waals surface area contributed by atoms with Crippen LogP contribution < -0.4 is 0 Å². The molecule has 1 aromatic heterocycles. The van der Waals surface area contributed by atoms with Crippen LogP contribution in [-0.2, 0) is 15.5 Å². The van der Waals surface area contributed by atoms with Crippen molar-refractivity contribution in [3.8, 4) is 0 Å². The average Bonchev–Trinajstić information content (AvgIpc) is 2.85. The van der Waals surface area contributed by atoms with Crippen molar-refractivity contribution in [3.05, 3.63) is 23.9 Å². The van der Waals surface area contributed by atoms with Gasteiger partial charge in [-0.2, -0.15) is 0 Å². The first-order valence-corrected chi connectivity index (χ1v) is 8.89. The lowest BCUT2D eigenvalue weighted by atomic mass is 10.2. The minimum absolute atomic E-state index is 0.0435. The summed E-state index contributed by atoms with van der Waals surface area (Å²) in [6, 6.07) is 3.67. The number of carbonyl (C=O) groups is 1. The van der Waals surface area contributed by atoms with Crippen molar-refractivity contribution >= 4 is 16.9 Å². The quantitative estimate of drug-likeness (QED) is 0.858. The molecule has 0 saturated carbocycles. The van der Waals surface area contributed by atoms with E-state index >= 15 is 0 Å². The van der Waals surface area contributed by atoms with Crippen LogP contribution in [0.5, 0.6) is 0 Å². The fourth-order valence-corrected chi connectivity index (χ4v) is 3.83. The molecule has 1 fully saturated rings. The van der Waals surface area contributed by atoms with Gasteiger partial charge < -0.3 is 9.64 Å². The first-order chi connectivity index (χ1) is 10.3. The highest BCUT2D eigenvalue weighted by atomic mass is 32.2. The van der Waals surface area contributed by atoms with E-state index < -0.39 is 16.4 Å². The van der Waals surface area contributed by atoms with E-state index in [-0.39, 0.29) is 12.1 Å². The molecule has 0 bridgehead atoms. The number of carbonyl (C=O) groups excluding carboxylic acids is 1. The lowest BCUT2D eigenvalue weighted by Gasteiger charge is -2.28. The van der Waals surface area contributed by atoms with Crippen molar-refractivity contribution in [1.29, 1.82) is 0 Å². The molecule has 1 aliphatic heterocycles. The standard InChI is InChI=1S/C16H24N2O3S/c1-12-7-8-17-14(10-12)22(20)11-13-6-5-9-18(13)15(19)21-16(2,3)4/h7-8,10,13H,5-6,9,11H2,1-4H3/t13-,22-/m1/s1. The molecule has 0 N–H and O–H groups in total. The van der Waals surface area contributed by atoms with Crippen LogP contribution in [0.3, 0.4) is 0 Å². The fourth-order valence-electron chi connectivity index (χ4n) is 2.46. The fraction of sp³-hybridized carbons (Fsp3) is 0.625. The number of pyridine rings is 1. The zero-order chi connectivity index (χ0) is 16.3. The van der Waals surface area contributed by atoms with Gasteiger partial charge in [0.1, 0.15) is 10.6 Å². The van der Waals surface area contributed by atoms with E-state index in [1.165, 1.54) is 0 Å². The highest BCUT2D eigenvalue weighted by Crippen LogP contribution is 2.22.